The minimum absolute atomic E-state index is 0.576. The third-order valence-electron chi connectivity index (χ3n) is 2.18. The van der Waals surface area contributed by atoms with Gasteiger partial charge in [-0.05, 0) is 12.8 Å². The first-order chi connectivity index (χ1) is 7.16. The van der Waals surface area contributed by atoms with E-state index in [1.807, 2.05) is 5.92 Å². The van der Waals surface area contributed by atoms with Crippen LogP contribution in [0, 0.1) is 11.8 Å². The number of hydrogen-bond donors (Lipinski definition) is 2. The SMILES string of the molecule is CCCCCCCCC(O)C#CC(=O)O. The van der Waals surface area contributed by atoms with Crippen molar-refractivity contribution in [3.8, 4) is 11.8 Å². The number of unbranched alkanes of at least 4 members (excludes halogenated alkanes) is 5. The van der Waals surface area contributed by atoms with Crippen LogP contribution in [0.4, 0.5) is 0 Å². The van der Waals surface area contributed by atoms with Crippen LogP contribution in [0.5, 0.6) is 0 Å². The molecule has 0 bridgehead atoms. The van der Waals surface area contributed by atoms with E-state index in [2.05, 4.69) is 12.8 Å². The lowest BCUT2D eigenvalue weighted by Crippen LogP contribution is -2.03. The van der Waals surface area contributed by atoms with E-state index in [1.165, 1.54) is 25.7 Å². The largest absolute Gasteiger partial charge is 0.472 e. The van der Waals surface area contributed by atoms with Crippen LogP contribution < -0.4 is 0 Å². The van der Waals surface area contributed by atoms with E-state index in [0.717, 1.165) is 12.8 Å². The summed E-state index contributed by atoms with van der Waals surface area (Å²) in [4.78, 5) is 10.1. The number of carbonyl (C=O) groups is 1. The molecule has 0 aromatic rings. The Morgan fingerprint density at radius 1 is 1.20 bits per heavy atom. The highest BCUT2D eigenvalue weighted by Gasteiger charge is 1.99. The van der Waals surface area contributed by atoms with Crippen molar-refractivity contribution in [1.82, 2.24) is 0 Å². The van der Waals surface area contributed by atoms with E-state index in [0.29, 0.717) is 6.42 Å². The lowest BCUT2D eigenvalue weighted by Gasteiger charge is -2.02. The van der Waals surface area contributed by atoms with Crippen molar-refractivity contribution >= 4 is 5.97 Å². The molecule has 86 valence electrons. The smallest absolute Gasteiger partial charge is 0.381 e. The molecule has 0 aromatic carbocycles. The molecule has 0 saturated carbocycles. The van der Waals surface area contributed by atoms with Gasteiger partial charge in [-0.2, -0.15) is 0 Å². The zero-order chi connectivity index (χ0) is 11.5. The van der Waals surface area contributed by atoms with Gasteiger partial charge in [-0.25, -0.2) is 4.79 Å². The second-order valence-electron chi connectivity index (χ2n) is 3.65. The molecule has 0 heterocycles. The standard InChI is InChI=1S/C12H20O3/c1-2-3-4-5-6-7-8-11(13)9-10-12(14)15/h11,13H,2-8H2,1H3,(H,14,15). The van der Waals surface area contributed by atoms with Gasteiger partial charge in [-0.1, -0.05) is 44.9 Å². The minimum Gasteiger partial charge on any atom is -0.472 e. The number of aliphatic hydroxyl groups excluding tert-OH is 1. The molecular formula is C12H20O3. The Hall–Kier alpha value is -1.01. The molecule has 3 heteroatoms. The van der Waals surface area contributed by atoms with Crippen LogP contribution in [0.2, 0.25) is 0 Å². The quantitative estimate of drug-likeness (QED) is 0.502. The van der Waals surface area contributed by atoms with Gasteiger partial charge < -0.3 is 10.2 Å². The van der Waals surface area contributed by atoms with E-state index in [9.17, 15) is 9.90 Å². The first-order valence-corrected chi connectivity index (χ1v) is 5.59. The van der Waals surface area contributed by atoms with Gasteiger partial charge in [0.15, 0.2) is 0 Å². The first-order valence-electron chi connectivity index (χ1n) is 5.59. The van der Waals surface area contributed by atoms with Crippen molar-refractivity contribution in [2.75, 3.05) is 0 Å². The number of aliphatic carboxylic acids is 1. The van der Waals surface area contributed by atoms with Gasteiger partial charge in [0.05, 0.1) is 0 Å². The summed E-state index contributed by atoms with van der Waals surface area (Å²) in [5.41, 5.74) is 0. The van der Waals surface area contributed by atoms with E-state index in [1.54, 1.807) is 0 Å². The molecule has 1 atom stereocenters. The Labute approximate surface area is 91.5 Å². The fourth-order valence-electron chi connectivity index (χ4n) is 1.34. The summed E-state index contributed by atoms with van der Waals surface area (Å²) >= 11 is 0. The van der Waals surface area contributed by atoms with Crippen LogP contribution in [-0.2, 0) is 4.79 Å². The van der Waals surface area contributed by atoms with Gasteiger partial charge in [0.2, 0.25) is 0 Å². The van der Waals surface area contributed by atoms with E-state index >= 15 is 0 Å². The Morgan fingerprint density at radius 2 is 1.80 bits per heavy atom. The summed E-state index contributed by atoms with van der Waals surface area (Å²) < 4.78 is 0. The monoisotopic (exact) mass is 212 g/mol. The molecule has 0 aliphatic carbocycles. The molecule has 0 aliphatic rings. The summed E-state index contributed by atoms with van der Waals surface area (Å²) in [7, 11) is 0. The third kappa shape index (κ3) is 10.9. The normalized spacial score (nSPS) is 11.6. The van der Waals surface area contributed by atoms with Crippen molar-refractivity contribution in [3.63, 3.8) is 0 Å². The fraction of sp³-hybridized carbons (Fsp3) is 0.750. The summed E-state index contributed by atoms with van der Waals surface area (Å²) in [5, 5.41) is 17.5. The molecule has 0 radical (unpaired) electrons. The van der Waals surface area contributed by atoms with E-state index in [-0.39, 0.29) is 0 Å². The molecule has 0 spiro atoms. The molecule has 0 fully saturated rings. The van der Waals surface area contributed by atoms with Gasteiger partial charge in [0, 0.05) is 5.92 Å². The second-order valence-corrected chi connectivity index (χ2v) is 3.65. The van der Waals surface area contributed by atoms with Crippen LogP contribution in [0.15, 0.2) is 0 Å². The van der Waals surface area contributed by atoms with Gasteiger partial charge in [-0.15, -0.1) is 0 Å². The number of aliphatic hydroxyl groups is 1. The minimum atomic E-state index is -1.18. The van der Waals surface area contributed by atoms with E-state index < -0.39 is 12.1 Å². The Bertz CT molecular complexity index is 225. The zero-order valence-electron chi connectivity index (χ0n) is 9.33. The highest BCUT2D eigenvalue weighted by atomic mass is 16.4. The van der Waals surface area contributed by atoms with Gasteiger partial charge in [0.1, 0.15) is 6.10 Å². The first kappa shape index (κ1) is 14.0. The zero-order valence-corrected chi connectivity index (χ0v) is 9.33. The third-order valence-corrected chi connectivity index (χ3v) is 2.18. The molecule has 0 aromatic heterocycles. The number of carboxylic acids is 1. The molecule has 0 saturated heterocycles. The average molecular weight is 212 g/mol. The number of rotatable bonds is 7. The van der Waals surface area contributed by atoms with Crippen LogP contribution >= 0.6 is 0 Å². The molecule has 0 amide bonds. The molecule has 0 rings (SSSR count). The van der Waals surface area contributed by atoms with Crippen molar-refractivity contribution in [3.05, 3.63) is 0 Å². The lowest BCUT2D eigenvalue weighted by atomic mass is 10.1. The number of carboxylic acid groups (broad SMARTS) is 1. The fourth-order valence-corrected chi connectivity index (χ4v) is 1.34. The van der Waals surface area contributed by atoms with Crippen LogP contribution in [0.1, 0.15) is 51.9 Å². The molecular weight excluding hydrogens is 192 g/mol. The topological polar surface area (TPSA) is 57.5 Å². The second kappa shape index (κ2) is 9.54. The molecule has 15 heavy (non-hydrogen) atoms. The highest BCUT2D eigenvalue weighted by molar-refractivity contribution is 5.86. The van der Waals surface area contributed by atoms with Crippen molar-refractivity contribution < 1.29 is 15.0 Å². The Morgan fingerprint density at radius 3 is 2.40 bits per heavy atom. The molecule has 2 N–H and O–H groups in total. The van der Waals surface area contributed by atoms with Crippen LogP contribution in [-0.4, -0.2) is 22.3 Å². The summed E-state index contributed by atoms with van der Waals surface area (Å²) in [6.45, 7) is 2.17. The molecule has 3 nitrogen and oxygen atoms in total. The van der Waals surface area contributed by atoms with Gasteiger partial charge in [-0.3, -0.25) is 0 Å². The van der Waals surface area contributed by atoms with Gasteiger partial charge in [0.25, 0.3) is 0 Å². The summed E-state index contributed by atoms with van der Waals surface area (Å²) in [6, 6.07) is 0. The summed E-state index contributed by atoms with van der Waals surface area (Å²) in [5.74, 6) is 3.03. The lowest BCUT2D eigenvalue weighted by molar-refractivity contribution is -0.130. The predicted molar refractivity (Wildman–Crippen MR) is 59.4 cm³/mol. The Kier molecular flexibility index (Phi) is 8.90. The van der Waals surface area contributed by atoms with Crippen molar-refractivity contribution in [1.29, 1.82) is 0 Å². The maximum atomic E-state index is 10.1. The predicted octanol–water partition coefficient (Wildman–Crippen LogP) is 2.19. The van der Waals surface area contributed by atoms with Crippen LogP contribution in [0.25, 0.3) is 0 Å². The Balaban J connectivity index is 3.36. The van der Waals surface area contributed by atoms with Crippen molar-refractivity contribution in [2.45, 2.75) is 58.0 Å². The molecule has 0 aliphatic heterocycles. The van der Waals surface area contributed by atoms with Crippen LogP contribution in [0.3, 0.4) is 0 Å². The van der Waals surface area contributed by atoms with E-state index in [4.69, 9.17) is 5.11 Å². The maximum absolute atomic E-state index is 10.1. The molecule has 1 unspecified atom stereocenters. The maximum Gasteiger partial charge on any atom is 0.381 e. The average Bonchev–Trinajstić information content (AvgIpc) is 2.20. The summed E-state index contributed by atoms with van der Waals surface area (Å²) in [6.07, 6.45) is 6.72. The number of hydrogen-bond acceptors (Lipinski definition) is 2. The van der Waals surface area contributed by atoms with Crippen molar-refractivity contribution in [2.24, 2.45) is 0 Å². The van der Waals surface area contributed by atoms with Gasteiger partial charge >= 0.3 is 5.97 Å². The highest BCUT2D eigenvalue weighted by Crippen LogP contribution is 2.08.